The van der Waals surface area contributed by atoms with Crippen molar-refractivity contribution in [2.75, 3.05) is 13.7 Å². The van der Waals surface area contributed by atoms with Gasteiger partial charge in [-0.2, -0.15) is 13.2 Å². The maximum absolute atomic E-state index is 12.4. The molecule has 0 fully saturated rings. The molecule has 0 heterocycles. The molecule has 18 heavy (non-hydrogen) atoms. The van der Waals surface area contributed by atoms with Crippen molar-refractivity contribution in [1.82, 2.24) is 4.90 Å². The molecule has 1 amide bonds. The number of hydrogen-bond acceptors (Lipinski definition) is 3. The first-order chi connectivity index (χ1) is 8.15. The topological polar surface area (TPSA) is 46.6 Å². The molecule has 0 aliphatic rings. The molecule has 0 aromatic carbocycles. The second-order valence-corrected chi connectivity index (χ2v) is 4.14. The molecule has 0 rings (SSSR count). The van der Waals surface area contributed by atoms with E-state index in [1.807, 2.05) is 0 Å². The second kappa shape index (κ2) is 6.61. The standard InChI is InChI=1S/C11H18F3NO3/c1-5-8(3)15(10(17)11(12,13)14)6-7(2)9(16)18-4/h7-8H,5-6H2,1-4H3. The number of hydrogen-bond donors (Lipinski definition) is 0. The van der Waals surface area contributed by atoms with E-state index in [1.165, 1.54) is 13.8 Å². The summed E-state index contributed by atoms with van der Waals surface area (Å²) in [6, 6.07) is -0.591. The van der Waals surface area contributed by atoms with Crippen LogP contribution in [-0.4, -0.2) is 42.6 Å². The van der Waals surface area contributed by atoms with Crippen LogP contribution in [0, 0.1) is 5.92 Å². The van der Waals surface area contributed by atoms with Crippen LogP contribution >= 0.6 is 0 Å². The van der Waals surface area contributed by atoms with Gasteiger partial charge in [-0.3, -0.25) is 9.59 Å². The summed E-state index contributed by atoms with van der Waals surface area (Å²) < 4.78 is 41.7. The number of amides is 1. The van der Waals surface area contributed by atoms with Gasteiger partial charge < -0.3 is 9.64 Å². The molecule has 4 nitrogen and oxygen atoms in total. The van der Waals surface area contributed by atoms with Gasteiger partial charge in [0.25, 0.3) is 0 Å². The Kier molecular flexibility index (Phi) is 6.14. The number of carbonyl (C=O) groups excluding carboxylic acids is 2. The van der Waals surface area contributed by atoms with Crippen molar-refractivity contribution < 1.29 is 27.5 Å². The summed E-state index contributed by atoms with van der Waals surface area (Å²) in [7, 11) is 1.15. The van der Waals surface area contributed by atoms with Crippen molar-refractivity contribution >= 4 is 11.9 Å². The number of carbonyl (C=O) groups is 2. The highest BCUT2D eigenvalue weighted by atomic mass is 19.4. The van der Waals surface area contributed by atoms with Crippen LogP contribution in [-0.2, 0) is 14.3 Å². The highest BCUT2D eigenvalue weighted by Crippen LogP contribution is 2.22. The van der Waals surface area contributed by atoms with Gasteiger partial charge in [-0.05, 0) is 13.3 Å². The van der Waals surface area contributed by atoms with Crippen LogP contribution in [0.15, 0.2) is 0 Å². The van der Waals surface area contributed by atoms with Crippen molar-refractivity contribution in [2.24, 2.45) is 5.92 Å². The Morgan fingerprint density at radius 3 is 2.11 bits per heavy atom. The molecular formula is C11H18F3NO3. The summed E-state index contributed by atoms with van der Waals surface area (Å²) in [6.07, 6.45) is -4.56. The van der Waals surface area contributed by atoms with E-state index >= 15 is 0 Å². The van der Waals surface area contributed by atoms with Gasteiger partial charge in [-0.15, -0.1) is 0 Å². The quantitative estimate of drug-likeness (QED) is 0.717. The van der Waals surface area contributed by atoms with E-state index in [2.05, 4.69) is 4.74 Å². The number of ether oxygens (including phenoxy) is 1. The predicted octanol–water partition coefficient (Wildman–Crippen LogP) is 1.98. The third-order valence-electron chi connectivity index (χ3n) is 2.70. The van der Waals surface area contributed by atoms with Crippen molar-refractivity contribution in [3.05, 3.63) is 0 Å². The maximum atomic E-state index is 12.4. The number of nitrogens with zero attached hydrogens (tertiary/aromatic N) is 1. The van der Waals surface area contributed by atoms with E-state index in [9.17, 15) is 22.8 Å². The summed E-state index contributed by atoms with van der Waals surface area (Å²) >= 11 is 0. The zero-order valence-corrected chi connectivity index (χ0v) is 10.9. The lowest BCUT2D eigenvalue weighted by Gasteiger charge is -2.30. The summed E-state index contributed by atoms with van der Waals surface area (Å²) in [5.41, 5.74) is 0. The third-order valence-corrected chi connectivity index (χ3v) is 2.70. The lowest BCUT2D eigenvalue weighted by atomic mass is 10.1. The fourth-order valence-electron chi connectivity index (χ4n) is 1.42. The van der Waals surface area contributed by atoms with Crippen LogP contribution in [0.5, 0.6) is 0 Å². The molecule has 0 saturated carbocycles. The Morgan fingerprint density at radius 2 is 1.78 bits per heavy atom. The van der Waals surface area contributed by atoms with E-state index in [1.54, 1.807) is 6.92 Å². The number of halogens is 3. The van der Waals surface area contributed by atoms with Crippen molar-refractivity contribution in [1.29, 1.82) is 0 Å². The molecule has 0 aliphatic heterocycles. The predicted molar refractivity (Wildman–Crippen MR) is 58.7 cm³/mol. The Bertz CT molecular complexity index is 304. The normalized spacial score (nSPS) is 14.8. The SMILES string of the molecule is CCC(C)N(CC(C)C(=O)OC)C(=O)C(F)(F)F. The molecule has 2 atom stereocenters. The minimum Gasteiger partial charge on any atom is -0.469 e. The fourth-order valence-corrected chi connectivity index (χ4v) is 1.42. The van der Waals surface area contributed by atoms with Crippen LogP contribution in [0.4, 0.5) is 13.2 Å². The molecule has 0 spiro atoms. The van der Waals surface area contributed by atoms with E-state index in [4.69, 9.17) is 0 Å². The Morgan fingerprint density at radius 1 is 1.28 bits per heavy atom. The number of alkyl halides is 3. The van der Waals surface area contributed by atoms with E-state index in [0.29, 0.717) is 11.3 Å². The lowest BCUT2D eigenvalue weighted by molar-refractivity contribution is -0.188. The summed E-state index contributed by atoms with van der Waals surface area (Å²) in [5.74, 6) is -3.36. The average Bonchev–Trinajstić information content (AvgIpc) is 2.31. The van der Waals surface area contributed by atoms with Gasteiger partial charge in [0.15, 0.2) is 0 Å². The van der Waals surface area contributed by atoms with Gasteiger partial charge in [0.2, 0.25) is 0 Å². The number of esters is 1. The number of methoxy groups -OCH3 is 1. The molecule has 0 aromatic rings. The molecule has 0 bridgehead atoms. The molecule has 0 aromatic heterocycles. The largest absolute Gasteiger partial charge is 0.471 e. The Labute approximate surface area is 104 Å². The summed E-state index contributed by atoms with van der Waals surface area (Å²) in [5, 5.41) is 0. The highest BCUT2D eigenvalue weighted by Gasteiger charge is 2.44. The first-order valence-electron chi connectivity index (χ1n) is 5.60. The molecule has 0 saturated heterocycles. The van der Waals surface area contributed by atoms with E-state index in [-0.39, 0.29) is 6.54 Å². The lowest BCUT2D eigenvalue weighted by Crippen LogP contribution is -2.48. The number of rotatable bonds is 5. The van der Waals surface area contributed by atoms with Crippen molar-refractivity contribution in [2.45, 2.75) is 39.4 Å². The van der Waals surface area contributed by atoms with Crippen molar-refractivity contribution in [3.8, 4) is 0 Å². The minimum absolute atomic E-state index is 0.306. The summed E-state index contributed by atoms with van der Waals surface area (Å²) in [4.78, 5) is 23.1. The molecular weight excluding hydrogens is 251 g/mol. The van der Waals surface area contributed by atoms with Crippen LogP contribution < -0.4 is 0 Å². The Balaban J connectivity index is 4.92. The van der Waals surface area contributed by atoms with Gasteiger partial charge in [0.05, 0.1) is 13.0 Å². The summed E-state index contributed by atoms with van der Waals surface area (Å²) in [6.45, 7) is 4.29. The molecule has 0 N–H and O–H groups in total. The monoisotopic (exact) mass is 269 g/mol. The molecule has 0 radical (unpaired) electrons. The molecule has 0 aliphatic carbocycles. The highest BCUT2D eigenvalue weighted by molar-refractivity contribution is 5.83. The maximum Gasteiger partial charge on any atom is 0.471 e. The average molecular weight is 269 g/mol. The zero-order chi connectivity index (χ0) is 14.5. The van der Waals surface area contributed by atoms with E-state index in [0.717, 1.165) is 7.11 Å². The third kappa shape index (κ3) is 4.54. The van der Waals surface area contributed by atoms with Gasteiger partial charge in [-0.1, -0.05) is 13.8 Å². The molecule has 106 valence electrons. The van der Waals surface area contributed by atoms with Crippen molar-refractivity contribution in [3.63, 3.8) is 0 Å². The smallest absolute Gasteiger partial charge is 0.469 e. The van der Waals surface area contributed by atoms with E-state index < -0.39 is 30.0 Å². The first-order valence-corrected chi connectivity index (χ1v) is 5.60. The van der Waals surface area contributed by atoms with Crippen LogP contribution in [0.3, 0.4) is 0 Å². The van der Waals surface area contributed by atoms with Gasteiger partial charge in [-0.25, -0.2) is 0 Å². The van der Waals surface area contributed by atoms with Crippen LogP contribution in [0.2, 0.25) is 0 Å². The van der Waals surface area contributed by atoms with Crippen LogP contribution in [0.25, 0.3) is 0 Å². The van der Waals surface area contributed by atoms with Gasteiger partial charge in [0.1, 0.15) is 0 Å². The fraction of sp³-hybridized carbons (Fsp3) is 0.818. The van der Waals surface area contributed by atoms with Gasteiger partial charge >= 0.3 is 18.1 Å². The zero-order valence-electron chi connectivity index (χ0n) is 10.9. The van der Waals surface area contributed by atoms with Crippen LogP contribution in [0.1, 0.15) is 27.2 Å². The first kappa shape index (κ1) is 16.7. The molecule has 2 unspecified atom stereocenters. The second-order valence-electron chi connectivity index (χ2n) is 4.14. The molecule has 7 heteroatoms. The minimum atomic E-state index is -4.93. The van der Waals surface area contributed by atoms with Gasteiger partial charge in [0, 0.05) is 12.6 Å². The Hall–Kier alpha value is -1.27.